The van der Waals surface area contributed by atoms with Crippen molar-refractivity contribution in [1.82, 2.24) is 9.79 Å². The Hall–Kier alpha value is -1.91. The van der Waals surface area contributed by atoms with Gasteiger partial charge in [-0.15, -0.1) is 0 Å². The molecule has 21 heavy (non-hydrogen) atoms. The van der Waals surface area contributed by atoms with Gasteiger partial charge in [-0.3, -0.25) is 4.79 Å². The predicted molar refractivity (Wildman–Crippen MR) is 80.5 cm³/mol. The molecule has 1 aromatic rings. The van der Waals surface area contributed by atoms with Gasteiger partial charge in [-0.1, -0.05) is 0 Å². The monoisotopic (exact) mass is 286 g/mol. The first-order chi connectivity index (χ1) is 10.0. The summed E-state index contributed by atoms with van der Waals surface area (Å²) < 4.78 is 0. The van der Waals surface area contributed by atoms with Gasteiger partial charge in [-0.2, -0.15) is 5.26 Å². The highest BCUT2D eigenvalue weighted by Gasteiger charge is 2.30. The van der Waals surface area contributed by atoms with Gasteiger partial charge in [0, 0.05) is 19.5 Å². The second-order valence-electron chi connectivity index (χ2n) is 5.33. The van der Waals surface area contributed by atoms with Crippen molar-refractivity contribution in [1.29, 1.82) is 5.26 Å². The van der Waals surface area contributed by atoms with Crippen LogP contribution in [0.1, 0.15) is 25.5 Å². The fourth-order valence-corrected chi connectivity index (χ4v) is 2.78. The summed E-state index contributed by atoms with van der Waals surface area (Å²) in [6, 6.07) is 5.34. The van der Waals surface area contributed by atoms with E-state index >= 15 is 0 Å². The van der Waals surface area contributed by atoms with Crippen LogP contribution in [0.5, 0.6) is 0 Å². The summed E-state index contributed by atoms with van der Waals surface area (Å²) in [6.45, 7) is 4.74. The lowest BCUT2D eigenvalue weighted by molar-refractivity contribution is -0.117. The Labute approximate surface area is 125 Å². The van der Waals surface area contributed by atoms with E-state index in [0.29, 0.717) is 17.9 Å². The number of nitrogens with zero attached hydrogens (tertiary/aromatic N) is 4. The molecule has 6 nitrogen and oxygen atoms in total. The maximum Gasteiger partial charge on any atom is 0.376 e. The fourth-order valence-electron chi connectivity index (χ4n) is 2.78. The Kier molecular flexibility index (Phi) is 4.94. The maximum atomic E-state index is 12.0. The van der Waals surface area contributed by atoms with Gasteiger partial charge in [0.25, 0.3) is 0 Å². The third-order valence-corrected chi connectivity index (χ3v) is 3.80. The summed E-state index contributed by atoms with van der Waals surface area (Å²) in [6.07, 6.45) is 3.38. The van der Waals surface area contributed by atoms with Gasteiger partial charge >= 0.3 is 7.05 Å². The Balaban J connectivity index is 2.22. The van der Waals surface area contributed by atoms with Crippen LogP contribution in [0.3, 0.4) is 0 Å². The third-order valence-electron chi connectivity index (χ3n) is 3.80. The first-order valence-corrected chi connectivity index (χ1v) is 7.11. The van der Waals surface area contributed by atoms with Gasteiger partial charge in [0.05, 0.1) is 11.9 Å². The molecule has 7 heteroatoms. The van der Waals surface area contributed by atoms with E-state index < -0.39 is 7.05 Å². The van der Waals surface area contributed by atoms with Crippen LogP contribution < -0.4 is 4.90 Å². The van der Waals surface area contributed by atoms with Gasteiger partial charge in [0.1, 0.15) is 11.8 Å². The average molecular weight is 286 g/mol. The Morgan fingerprint density at radius 2 is 2.38 bits per heavy atom. The lowest BCUT2D eigenvalue weighted by Gasteiger charge is -2.39. The SMILES string of the molecule is CB(O)N1CCC[C@@H](N(C(C)=O)c2ccc(C#N)nc2)C1. The van der Waals surface area contributed by atoms with Crippen LogP contribution in [0.25, 0.3) is 0 Å². The molecule has 0 saturated carbocycles. The number of hydrogen-bond acceptors (Lipinski definition) is 5. The fraction of sp³-hybridized carbons (Fsp3) is 0.500. The minimum atomic E-state index is -0.513. The molecule has 0 unspecified atom stereocenters. The number of piperidine rings is 1. The number of carbonyl (C=O) groups is 1. The summed E-state index contributed by atoms with van der Waals surface area (Å²) in [5.41, 5.74) is 1.02. The van der Waals surface area contributed by atoms with Gasteiger partial charge < -0.3 is 14.7 Å². The highest BCUT2D eigenvalue weighted by molar-refractivity contribution is 6.45. The van der Waals surface area contributed by atoms with E-state index in [2.05, 4.69) is 4.98 Å². The zero-order valence-electron chi connectivity index (χ0n) is 12.4. The van der Waals surface area contributed by atoms with Gasteiger partial charge in [0.15, 0.2) is 0 Å². The zero-order valence-corrected chi connectivity index (χ0v) is 12.4. The van der Waals surface area contributed by atoms with E-state index in [-0.39, 0.29) is 11.9 Å². The molecule has 1 saturated heterocycles. The molecule has 0 spiro atoms. The van der Waals surface area contributed by atoms with Crippen molar-refractivity contribution in [2.45, 2.75) is 32.6 Å². The van der Waals surface area contributed by atoms with E-state index in [0.717, 1.165) is 19.4 Å². The van der Waals surface area contributed by atoms with Crippen LogP contribution in [0, 0.1) is 11.3 Å². The number of anilines is 1. The molecule has 2 heterocycles. The van der Waals surface area contributed by atoms with Crippen molar-refractivity contribution in [3.63, 3.8) is 0 Å². The zero-order chi connectivity index (χ0) is 15.4. The molecule has 1 aliphatic rings. The lowest BCUT2D eigenvalue weighted by Crippen LogP contribution is -2.53. The van der Waals surface area contributed by atoms with E-state index in [1.165, 1.54) is 6.92 Å². The van der Waals surface area contributed by atoms with Crippen LogP contribution in [-0.4, -0.2) is 46.9 Å². The predicted octanol–water partition coefficient (Wildman–Crippen LogP) is 0.881. The highest BCUT2D eigenvalue weighted by Crippen LogP contribution is 2.23. The third kappa shape index (κ3) is 3.60. The topological polar surface area (TPSA) is 80.5 Å². The van der Waals surface area contributed by atoms with E-state index in [4.69, 9.17) is 5.26 Å². The standard InChI is InChI=1S/C14H19BN4O2/c1-11(20)19(13-6-5-12(8-16)17-9-13)14-4-3-7-18(10-14)15(2)21/h5-6,9,14,21H,3-4,7,10H2,1-2H3/t14-/m1/s1. The van der Waals surface area contributed by atoms with Crippen molar-refractivity contribution in [3.05, 3.63) is 24.0 Å². The van der Waals surface area contributed by atoms with Crippen LogP contribution in [0.15, 0.2) is 18.3 Å². The summed E-state index contributed by atoms with van der Waals surface area (Å²) >= 11 is 0. The number of rotatable bonds is 3. The minimum Gasteiger partial charge on any atom is -0.437 e. The summed E-state index contributed by atoms with van der Waals surface area (Å²) in [7, 11) is -0.513. The Morgan fingerprint density at radius 1 is 1.62 bits per heavy atom. The van der Waals surface area contributed by atoms with E-state index in [1.54, 1.807) is 30.1 Å². The normalized spacial score (nSPS) is 18.9. The van der Waals surface area contributed by atoms with Gasteiger partial charge in [0.2, 0.25) is 5.91 Å². The molecule has 1 fully saturated rings. The molecule has 1 atom stereocenters. The molecular weight excluding hydrogens is 267 g/mol. The van der Waals surface area contributed by atoms with Crippen LogP contribution >= 0.6 is 0 Å². The van der Waals surface area contributed by atoms with Gasteiger partial charge in [-0.05, 0) is 38.3 Å². The number of pyridine rings is 1. The largest absolute Gasteiger partial charge is 0.437 e. The maximum absolute atomic E-state index is 12.0. The molecular formula is C14H19BN4O2. The number of aromatic nitrogens is 1. The van der Waals surface area contributed by atoms with Crippen LogP contribution in [0.2, 0.25) is 6.82 Å². The van der Waals surface area contributed by atoms with Crippen molar-refractivity contribution in [2.75, 3.05) is 18.0 Å². The minimum absolute atomic E-state index is 0.0144. The average Bonchev–Trinajstić information content (AvgIpc) is 2.48. The second-order valence-corrected chi connectivity index (χ2v) is 5.33. The molecule has 1 N–H and O–H groups in total. The molecule has 2 rings (SSSR count). The molecule has 110 valence electrons. The first kappa shape index (κ1) is 15.5. The Morgan fingerprint density at radius 3 is 2.90 bits per heavy atom. The molecule has 0 aliphatic carbocycles. The lowest BCUT2D eigenvalue weighted by atomic mass is 9.82. The van der Waals surface area contributed by atoms with Crippen molar-refractivity contribution < 1.29 is 9.82 Å². The Bertz CT molecular complexity index is 541. The number of amides is 1. The number of carbonyl (C=O) groups excluding carboxylic acids is 1. The number of nitriles is 1. The molecule has 0 aromatic carbocycles. The molecule has 0 bridgehead atoms. The van der Waals surface area contributed by atoms with Crippen LogP contribution in [-0.2, 0) is 4.79 Å². The van der Waals surface area contributed by atoms with E-state index in [1.807, 2.05) is 10.9 Å². The smallest absolute Gasteiger partial charge is 0.376 e. The summed E-state index contributed by atoms with van der Waals surface area (Å²) in [5, 5.41) is 18.5. The van der Waals surface area contributed by atoms with Crippen molar-refractivity contribution >= 4 is 18.6 Å². The highest BCUT2D eigenvalue weighted by atomic mass is 16.2. The van der Waals surface area contributed by atoms with Crippen LogP contribution in [0.4, 0.5) is 5.69 Å². The molecule has 1 amide bonds. The second kappa shape index (κ2) is 6.70. The number of hydrogen-bond donors (Lipinski definition) is 1. The first-order valence-electron chi connectivity index (χ1n) is 7.11. The summed E-state index contributed by atoms with van der Waals surface area (Å²) in [4.78, 5) is 19.7. The molecule has 0 radical (unpaired) electrons. The quantitative estimate of drug-likeness (QED) is 0.834. The van der Waals surface area contributed by atoms with Crippen molar-refractivity contribution in [3.8, 4) is 6.07 Å². The van der Waals surface area contributed by atoms with E-state index in [9.17, 15) is 9.82 Å². The molecule has 1 aliphatic heterocycles. The summed E-state index contributed by atoms with van der Waals surface area (Å²) in [5.74, 6) is -0.0565. The van der Waals surface area contributed by atoms with Gasteiger partial charge in [-0.25, -0.2) is 4.98 Å². The molecule has 1 aromatic heterocycles. The van der Waals surface area contributed by atoms with Crippen molar-refractivity contribution in [2.24, 2.45) is 0 Å².